The van der Waals surface area contributed by atoms with E-state index in [2.05, 4.69) is 15.9 Å². The second-order valence-electron chi connectivity index (χ2n) is 4.46. The van der Waals surface area contributed by atoms with E-state index in [1.54, 1.807) is 0 Å². The maximum absolute atomic E-state index is 12.6. The van der Waals surface area contributed by atoms with Gasteiger partial charge in [0.2, 0.25) is 10.0 Å². The molecule has 0 spiro atoms. The fourth-order valence-electron chi connectivity index (χ4n) is 1.49. The molecule has 0 radical (unpaired) electrons. The Kier molecular flexibility index (Phi) is 6.14. The fourth-order valence-corrected chi connectivity index (χ4v) is 2.74. The van der Waals surface area contributed by atoms with Crippen LogP contribution in [0.5, 0.6) is 0 Å². The van der Waals surface area contributed by atoms with Crippen LogP contribution in [0.1, 0.15) is 11.1 Å². The molecule has 0 heterocycles. The average Bonchev–Trinajstić information content (AvgIpc) is 2.32. The molecule has 2 N–H and O–H groups in total. The SMILES string of the molecule is O=C(NCc1cc(C(F)(F)F)ccc1Br)NS(=O)(=O)CC(F)(F)F. The summed E-state index contributed by atoms with van der Waals surface area (Å²) in [5.41, 5.74) is -1.05. The Hall–Kier alpha value is -1.50. The van der Waals surface area contributed by atoms with Crippen molar-refractivity contribution in [1.82, 2.24) is 10.0 Å². The van der Waals surface area contributed by atoms with Crippen LogP contribution in [-0.4, -0.2) is 26.4 Å². The van der Waals surface area contributed by atoms with Crippen LogP contribution in [0.3, 0.4) is 0 Å². The number of carbonyl (C=O) groups excluding carboxylic acids is 1. The number of benzene rings is 1. The fraction of sp³-hybridized carbons (Fsp3) is 0.364. The van der Waals surface area contributed by atoms with Crippen molar-refractivity contribution in [3.05, 3.63) is 33.8 Å². The summed E-state index contributed by atoms with van der Waals surface area (Å²) in [4.78, 5) is 11.3. The average molecular weight is 443 g/mol. The van der Waals surface area contributed by atoms with Crippen LogP contribution in [-0.2, 0) is 22.7 Å². The van der Waals surface area contributed by atoms with Crippen molar-refractivity contribution in [3.8, 4) is 0 Å². The molecule has 1 aromatic rings. The van der Waals surface area contributed by atoms with E-state index in [0.717, 1.165) is 16.9 Å². The first-order chi connectivity index (χ1) is 10.7. The van der Waals surface area contributed by atoms with Gasteiger partial charge in [-0.15, -0.1) is 0 Å². The molecule has 0 aliphatic carbocycles. The quantitative estimate of drug-likeness (QED) is 0.703. The van der Waals surface area contributed by atoms with Gasteiger partial charge in [0.25, 0.3) is 0 Å². The summed E-state index contributed by atoms with van der Waals surface area (Å²) < 4.78 is 97.2. The molecule has 0 fully saturated rings. The summed E-state index contributed by atoms with van der Waals surface area (Å²) in [6.07, 6.45) is -9.68. The summed E-state index contributed by atoms with van der Waals surface area (Å²) in [6, 6.07) is 1.05. The third kappa shape index (κ3) is 6.95. The van der Waals surface area contributed by atoms with Gasteiger partial charge in [-0.3, -0.25) is 0 Å². The molecule has 0 unspecified atom stereocenters. The molecule has 2 amide bonds. The van der Waals surface area contributed by atoms with Gasteiger partial charge >= 0.3 is 18.4 Å². The molecule has 5 nitrogen and oxygen atoms in total. The molecule has 24 heavy (non-hydrogen) atoms. The van der Waals surface area contributed by atoms with Crippen LogP contribution in [0.2, 0.25) is 0 Å². The predicted molar refractivity (Wildman–Crippen MR) is 74.4 cm³/mol. The smallest absolute Gasteiger partial charge is 0.333 e. The highest BCUT2D eigenvalue weighted by Gasteiger charge is 2.36. The first-order valence-corrected chi connectivity index (χ1v) is 8.35. The Labute approximate surface area is 140 Å². The normalized spacial score (nSPS) is 12.8. The monoisotopic (exact) mass is 442 g/mol. The van der Waals surface area contributed by atoms with E-state index in [4.69, 9.17) is 0 Å². The number of urea groups is 1. The zero-order valence-electron chi connectivity index (χ0n) is 11.4. The molecule has 0 bridgehead atoms. The number of halogens is 7. The van der Waals surface area contributed by atoms with Crippen LogP contribution >= 0.6 is 15.9 Å². The number of alkyl halides is 6. The Bertz CT molecular complexity index is 717. The van der Waals surface area contributed by atoms with E-state index in [-0.39, 0.29) is 10.0 Å². The molecular weight excluding hydrogens is 434 g/mol. The topological polar surface area (TPSA) is 75.3 Å². The van der Waals surface area contributed by atoms with Gasteiger partial charge in [-0.2, -0.15) is 26.3 Å². The lowest BCUT2D eigenvalue weighted by Crippen LogP contribution is -2.42. The molecule has 0 aromatic heterocycles. The summed E-state index contributed by atoms with van der Waals surface area (Å²) in [6.45, 7) is -0.544. The molecule has 0 aliphatic rings. The van der Waals surface area contributed by atoms with Crippen molar-refractivity contribution in [1.29, 1.82) is 0 Å². The molecule has 0 atom stereocenters. The molecule has 0 aliphatic heterocycles. The van der Waals surface area contributed by atoms with E-state index in [0.29, 0.717) is 6.07 Å². The van der Waals surface area contributed by atoms with Crippen molar-refractivity contribution in [2.75, 3.05) is 5.75 Å². The predicted octanol–water partition coefficient (Wildman–Crippen LogP) is 3.16. The first-order valence-electron chi connectivity index (χ1n) is 5.90. The number of nitrogens with one attached hydrogen (secondary N) is 2. The summed E-state index contributed by atoms with van der Waals surface area (Å²) >= 11 is 2.94. The highest BCUT2D eigenvalue weighted by Crippen LogP contribution is 2.31. The second-order valence-corrected chi connectivity index (χ2v) is 7.04. The van der Waals surface area contributed by atoms with Gasteiger partial charge < -0.3 is 5.32 Å². The number of hydrogen-bond donors (Lipinski definition) is 2. The van der Waals surface area contributed by atoms with E-state index in [1.807, 2.05) is 5.32 Å². The van der Waals surface area contributed by atoms with Crippen molar-refractivity contribution in [2.24, 2.45) is 0 Å². The highest BCUT2D eigenvalue weighted by atomic mass is 79.9. The van der Waals surface area contributed by atoms with Gasteiger partial charge in [-0.25, -0.2) is 17.9 Å². The zero-order valence-corrected chi connectivity index (χ0v) is 13.8. The largest absolute Gasteiger partial charge is 0.416 e. The van der Waals surface area contributed by atoms with Gasteiger partial charge in [0.05, 0.1) is 5.56 Å². The lowest BCUT2D eigenvalue weighted by Gasteiger charge is -2.13. The minimum Gasteiger partial charge on any atom is -0.333 e. The van der Waals surface area contributed by atoms with E-state index in [1.165, 1.54) is 0 Å². The van der Waals surface area contributed by atoms with E-state index < -0.39 is 46.3 Å². The highest BCUT2D eigenvalue weighted by molar-refractivity contribution is 9.10. The summed E-state index contributed by atoms with van der Waals surface area (Å²) in [7, 11) is -4.96. The van der Waals surface area contributed by atoms with Crippen LogP contribution in [0.15, 0.2) is 22.7 Å². The Balaban J connectivity index is 2.75. The first kappa shape index (κ1) is 20.5. The number of sulfonamides is 1. The van der Waals surface area contributed by atoms with Crippen LogP contribution < -0.4 is 10.0 Å². The Morgan fingerprint density at radius 2 is 1.71 bits per heavy atom. The standard InChI is InChI=1S/C11H9BrF6N2O3S/c12-8-2-1-7(11(16,17)18)3-6(8)4-19-9(21)20-24(22,23)5-10(13,14)15/h1-3H,4-5H2,(H2,19,20,21). The van der Waals surface area contributed by atoms with Crippen molar-refractivity contribution in [2.45, 2.75) is 18.9 Å². The minimum atomic E-state index is -5.05. The summed E-state index contributed by atoms with van der Waals surface area (Å²) in [5.74, 6) is -2.26. The molecule has 0 saturated carbocycles. The molecular formula is C11H9BrF6N2O3S. The van der Waals surface area contributed by atoms with Crippen LogP contribution in [0.25, 0.3) is 0 Å². The van der Waals surface area contributed by atoms with Gasteiger partial charge in [-0.1, -0.05) is 15.9 Å². The summed E-state index contributed by atoms with van der Waals surface area (Å²) in [5, 5.41) is 1.87. The molecule has 136 valence electrons. The Morgan fingerprint density at radius 3 is 2.21 bits per heavy atom. The molecule has 0 saturated heterocycles. The maximum Gasteiger partial charge on any atom is 0.416 e. The van der Waals surface area contributed by atoms with Crippen LogP contribution in [0.4, 0.5) is 31.1 Å². The third-order valence-electron chi connectivity index (χ3n) is 2.41. The number of hydrogen-bond acceptors (Lipinski definition) is 3. The van der Waals surface area contributed by atoms with Crippen LogP contribution in [0, 0.1) is 0 Å². The van der Waals surface area contributed by atoms with E-state index >= 15 is 0 Å². The zero-order chi connectivity index (χ0) is 18.8. The minimum absolute atomic E-state index is 0.0480. The number of carbonyl (C=O) groups is 1. The van der Waals surface area contributed by atoms with Gasteiger partial charge in [0.1, 0.15) is 0 Å². The second kappa shape index (κ2) is 7.17. The van der Waals surface area contributed by atoms with Crippen molar-refractivity contribution < 1.29 is 39.6 Å². The molecule has 1 aromatic carbocycles. The van der Waals surface area contributed by atoms with Gasteiger partial charge in [0.15, 0.2) is 5.75 Å². The number of rotatable bonds is 4. The van der Waals surface area contributed by atoms with Crippen molar-refractivity contribution in [3.63, 3.8) is 0 Å². The Morgan fingerprint density at radius 1 is 1.12 bits per heavy atom. The van der Waals surface area contributed by atoms with Gasteiger partial charge in [0, 0.05) is 11.0 Å². The number of amides is 2. The third-order valence-corrected chi connectivity index (χ3v) is 4.39. The maximum atomic E-state index is 12.6. The lowest BCUT2D eigenvalue weighted by atomic mass is 10.1. The van der Waals surface area contributed by atoms with Gasteiger partial charge in [-0.05, 0) is 23.8 Å². The lowest BCUT2D eigenvalue weighted by molar-refractivity contribution is -0.137. The van der Waals surface area contributed by atoms with E-state index in [9.17, 15) is 39.6 Å². The molecule has 13 heteroatoms. The van der Waals surface area contributed by atoms with Crippen molar-refractivity contribution >= 4 is 32.0 Å². The molecule has 1 rings (SSSR count).